The van der Waals surface area contributed by atoms with E-state index in [0.29, 0.717) is 20.7 Å². The van der Waals surface area contributed by atoms with Crippen molar-refractivity contribution in [1.82, 2.24) is 15.5 Å². The van der Waals surface area contributed by atoms with Crippen molar-refractivity contribution in [3.63, 3.8) is 0 Å². The molecule has 1 saturated heterocycles. The number of hydrogen-bond acceptors (Lipinski definition) is 8. The maximum absolute atomic E-state index is 12.9. The van der Waals surface area contributed by atoms with Crippen LogP contribution in [0.5, 0.6) is 0 Å². The van der Waals surface area contributed by atoms with Gasteiger partial charge in [0.1, 0.15) is 11.4 Å². The molecule has 3 aliphatic heterocycles. The van der Waals surface area contributed by atoms with Gasteiger partial charge in [-0.1, -0.05) is 55.0 Å². The Morgan fingerprint density at radius 2 is 1.78 bits per heavy atom. The zero-order chi connectivity index (χ0) is 32.1. The van der Waals surface area contributed by atoms with Crippen LogP contribution in [-0.2, 0) is 9.39 Å². The van der Waals surface area contributed by atoms with Gasteiger partial charge >= 0.3 is 13.7 Å². The second-order valence-corrected chi connectivity index (χ2v) is 13.5. The van der Waals surface area contributed by atoms with Crippen molar-refractivity contribution in [2.45, 2.75) is 83.0 Å². The van der Waals surface area contributed by atoms with Crippen molar-refractivity contribution in [3.8, 4) is 11.1 Å². The molecule has 9 nitrogen and oxygen atoms in total. The summed E-state index contributed by atoms with van der Waals surface area (Å²) in [5.41, 5.74) is 9.76. The number of nitrogens with two attached hydrogens (primary N) is 1. The van der Waals surface area contributed by atoms with Crippen molar-refractivity contribution in [2.24, 2.45) is 15.6 Å². The van der Waals surface area contributed by atoms with Gasteiger partial charge in [-0.3, -0.25) is 14.9 Å². The third-order valence-corrected chi connectivity index (χ3v) is 9.00. The molecule has 1 fully saturated rings. The Labute approximate surface area is 273 Å². The smallest absolute Gasteiger partial charge is 0.410 e. The number of benzene rings is 3. The largest absolute Gasteiger partial charge is 0.444 e. The van der Waals surface area contributed by atoms with Gasteiger partial charge in [-0.05, 0) is 91.6 Å². The van der Waals surface area contributed by atoms with E-state index in [4.69, 9.17) is 25.0 Å². The molecule has 242 valence electrons. The minimum atomic E-state index is -0.519. The number of amidine groups is 2. The highest BCUT2D eigenvalue weighted by atomic mass is 16.6. The van der Waals surface area contributed by atoms with Crippen LogP contribution in [0.2, 0.25) is 0 Å². The van der Waals surface area contributed by atoms with Crippen LogP contribution < -0.4 is 16.3 Å². The Morgan fingerprint density at radius 1 is 0.978 bits per heavy atom. The number of carbonyl (C=O) groups excluding carboxylic acids is 1. The molecule has 3 atom stereocenters. The van der Waals surface area contributed by atoms with Gasteiger partial charge in [0.2, 0.25) is 0 Å². The Kier molecular flexibility index (Phi) is 9.94. The van der Waals surface area contributed by atoms with Crippen LogP contribution in [-0.4, -0.2) is 68.2 Å². The van der Waals surface area contributed by atoms with E-state index in [0.717, 1.165) is 63.3 Å². The molecular formula is C36H47BN6O3. The van der Waals surface area contributed by atoms with E-state index in [1.165, 1.54) is 33.0 Å². The number of amides is 1. The van der Waals surface area contributed by atoms with E-state index in [-0.39, 0.29) is 24.2 Å². The highest BCUT2D eigenvalue weighted by molar-refractivity contribution is 6.22. The maximum atomic E-state index is 12.9. The summed E-state index contributed by atoms with van der Waals surface area (Å²) in [4.78, 5) is 24.4. The highest BCUT2D eigenvalue weighted by Gasteiger charge is 2.37. The number of carbonyl (C=O) groups is 1. The average molecular weight is 623 g/mol. The molecule has 2 unspecified atom stereocenters. The fourth-order valence-electron chi connectivity index (χ4n) is 6.72. The molecule has 0 radical (unpaired) electrons. The Balaban J connectivity index is 1.10. The fraction of sp³-hybridized carbons (Fsp3) is 0.472. The number of nitrogens with zero attached hydrogens (tertiary/aromatic N) is 3. The molecule has 0 aliphatic carbocycles. The normalized spacial score (nSPS) is 21.1. The number of hydrogen-bond donors (Lipinski definition) is 3. The Hall–Kier alpha value is -3.89. The molecule has 3 heterocycles. The first-order chi connectivity index (χ1) is 22.3. The number of ether oxygens (including phenoxy) is 1. The lowest BCUT2D eigenvalue weighted by Crippen LogP contribution is -2.46. The van der Waals surface area contributed by atoms with Gasteiger partial charge in [-0.25, -0.2) is 4.79 Å². The third kappa shape index (κ3) is 7.56. The van der Waals surface area contributed by atoms with Gasteiger partial charge in [-0.2, -0.15) is 0 Å². The second-order valence-electron chi connectivity index (χ2n) is 13.5. The minimum Gasteiger partial charge on any atom is -0.444 e. The average Bonchev–Trinajstić information content (AvgIpc) is 3.83. The fourth-order valence-corrected chi connectivity index (χ4v) is 6.72. The van der Waals surface area contributed by atoms with Gasteiger partial charge in [-0.15, -0.1) is 0 Å². The van der Waals surface area contributed by atoms with Crippen molar-refractivity contribution in [2.75, 3.05) is 26.2 Å². The molecule has 0 saturated carbocycles. The third-order valence-electron chi connectivity index (χ3n) is 9.00. The monoisotopic (exact) mass is 622 g/mol. The van der Waals surface area contributed by atoms with Gasteiger partial charge in [0.25, 0.3) is 0 Å². The molecule has 0 spiro atoms. The molecule has 3 aromatic rings. The van der Waals surface area contributed by atoms with Crippen LogP contribution in [0.15, 0.2) is 70.6 Å². The summed E-state index contributed by atoms with van der Waals surface area (Å²) in [6.45, 7) is 8.56. The quantitative estimate of drug-likeness (QED) is 0.184. The second kappa shape index (κ2) is 14.3. The van der Waals surface area contributed by atoms with E-state index >= 15 is 0 Å². The summed E-state index contributed by atoms with van der Waals surface area (Å²) in [6, 6.07) is 22.3. The van der Waals surface area contributed by atoms with Crippen LogP contribution in [0.25, 0.3) is 21.9 Å². The summed E-state index contributed by atoms with van der Waals surface area (Å²) in [5, 5.41) is 9.73. The van der Waals surface area contributed by atoms with E-state index in [1.54, 1.807) is 0 Å². The number of fused-ring (bicyclic) bond motifs is 1. The maximum Gasteiger partial charge on any atom is 0.410 e. The molecule has 46 heavy (non-hydrogen) atoms. The molecule has 4 N–H and O–H groups in total. The predicted octanol–water partition coefficient (Wildman–Crippen LogP) is 5.79. The number of unbranched alkanes of at least 4 members (excludes halogenated alkanes) is 2. The summed E-state index contributed by atoms with van der Waals surface area (Å²) >= 11 is 0. The van der Waals surface area contributed by atoms with Crippen molar-refractivity contribution in [1.29, 1.82) is 0 Å². The van der Waals surface area contributed by atoms with Gasteiger partial charge in [0.15, 0.2) is 0 Å². The minimum absolute atomic E-state index is 0.0587. The summed E-state index contributed by atoms with van der Waals surface area (Å²) in [5.74, 6) is 2.00. The zero-order valence-electron chi connectivity index (χ0n) is 27.4. The van der Waals surface area contributed by atoms with Crippen LogP contribution in [0.1, 0.15) is 82.5 Å². The first-order valence-corrected chi connectivity index (χ1v) is 16.8. The SMILES string of the molecule is CC(C)(C)OC(=O)N1CCC[C@H]1C1=NCC(c2ccc3c(-c4cccc(C5CN=C(CCCCCOBN)N5)c4)cccc3c2)N1. The first kappa shape index (κ1) is 32.1. The molecule has 0 aromatic heterocycles. The highest BCUT2D eigenvalue weighted by Crippen LogP contribution is 2.33. The van der Waals surface area contributed by atoms with E-state index in [9.17, 15) is 4.79 Å². The molecule has 0 bridgehead atoms. The van der Waals surface area contributed by atoms with Crippen LogP contribution >= 0.6 is 0 Å². The lowest BCUT2D eigenvalue weighted by atomic mass is 9.93. The zero-order valence-corrected chi connectivity index (χ0v) is 27.4. The summed E-state index contributed by atoms with van der Waals surface area (Å²) in [7, 11) is 0.294. The molecule has 1 amide bonds. The topological polar surface area (TPSA) is 114 Å². The molecule has 6 rings (SSSR count). The lowest BCUT2D eigenvalue weighted by molar-refractivity contribution is 0.0264. The van der Waals surface area contributed by atoms with Crippen LogP contribution in [0.3, 0.4) is 0 Å². The van der Waals surface area contributed by atoms with Gasteiger partial charge < -0.3 is 25.7 Å². The summed E-state index contributed by atoms with van der Waals surface area (Å²) < 4.78 is 10.9. The van der Waals surface area contributed by atoms with Crippen LogP contribution in [0.4, 0.5) is 4.79 Å². The van der Waals surface area contributed by atoms with Crippen LogP contribution in [0, 0.1) is 0 Å². The lowest BCUT2D eigenvalue weighted by Gasteiger charge is -2.29. The van der Waals surface area contributed by atoms with Crippen molar-refractivity contribution in [3.05, 3.63) is 71.8 Å². The summed E-state index contributed by atoms with van der Waals surface area (Å²) in [6.07, 6.45) is 5.79. The van der Waals surface area contributed by atoms with E-state index in [2.05, 4.69) is 71.3 Å². The number of likely N-dealkylation sites (tertiary alicyclic amines) is 1. The Bertz CT molecular complexity index is 1600. The number of rotatable bonds is 11. The molecular weight excluding hydrogens is 575 g/mol. The Morgan fingerprint density at radius 3 is 2.63 bits per heavy atom. The number of aliphatic imine (C=N–C) groups is 2. The predicted molar refractivity (Wildman–Crippen MR) is 187 cm³/mol. The van der Waals surface area contributed by atoms with Gasteiger partial charge in [0, 0.05) is 19.6 Å². The first-order valence-electron chi connectivity index (χ1n) is 16.8. The van der Waals surface area contributed by atoms with Gasteiger partial charge in [0.05, 0.1) is 37.1 Å². The van der Waals surface area contributed by atoms with E-state index in [1.807, 2.05) is 25.7 Å². The molecule has 3 aromatic carbocycles. The van der Waals surface area contributed by atoms with E-state index < -0.39 is 5.60 Å². The van der Waals surface area contributed by atoms with Crippen molar-refractivity contribution < 1.29 is 14.2 Å². The molecule has 10 heteroatoms. The van der Waals surface area contributed by atoms with Crippen molar-refractivity contribution >= 4 is 36.2 Å². The number of nitrogens with one attached hydrogen (secondary N) is 2. The standard InChI is InChI=1S/C36H47BN6O3/c1-36(2,3)46-35(44)43-18-9-14-32(43)34-40-23-31(42-34)27-16-17-29-25(21-27)11-8-13-28(29)24-10-7-12-26(20-24)30-22-39-33(41-30)15-5-4-6-19-45-37-38/h7-8,10-13,16-17,20-21,30-32,37H,4-6,9,14-15,18-19,22-23,38H2,1-3H3,(H,39,41)(H,40,42)/t30?,31?,32-/m0/s1. The molecule has 3 aliphatic rings.